The van der Waals surface area contributed by atoms with E-state index in [4.69, 9.17) is 20.9 Å². The van der Waals surface area contributed by atoms with Crippen molar-refractivity contribution in [2.24, 2.45) is 11.5 Å². The van der Waals surface area contributed by atoms with E-state index in [0.29, 0.717) is 30.4 Å². The number of nitrogens with two attached hydrogens (primary N) is 2. The number of amides is 2. The van der Waals surface area contributed by atoms with Crippen molar-refractivity contribution in [2.75, 3.05) is 18.5 Å². The zero-order valence-corrected chi connectivity index (χ0v) is 12.2. The van der Waals surface area contributed by atoms with E-state index in [1.807, 2.05) is 13.8 Å². The molecule has 21 heavy (non-hydrogen) atoms. The first-order chi connectivity index (χ1) is 9.97. The van der Waals surface area contributed by atoms with Gasteiger partial charge in [0.1, 0.15) is 0 Å². The molecule has 1 atom stereocenters. The SMILES string of the molecule is CCOc1ccc(NC(=O)C(N)CC(N)=O)cc1OCC. The van der Waals surface area contributed by atoms with Gasteiger partial charge < -0.3 is 26.3 Å². The summed E-state index contributed by atoms with van der Waals surface area (Å²) < 4.78 is 10.9. The van der Waals surface area contributed by atoms with E-state index in [0.717, 1.165) is 0 Å². The van der Waals surface area contributed by atoms with Crippen LogP contribution in [0.3, 0.4) is 0 Å². The van der Waals surface area contributed by atoms with Crippen molar-refractivity contribution in [3.63, 3.8) is 0 Å². The lowest BCUT2D eigenvalue weighted by Crippen LogP contribution is -2.38. The number of carbonyl (C=O) groups is 2. The maximum Gasteiger partial charge on any atom is 0.241 e. The van der Waals surface area contributed by atoms with Crippen LogP contribution in [0.15, 0.2) is 18.2 Å². The molecule has 2 amide bonds. The Bertz CT molecular complexity index is 505. The van der Waals surface area contributed by atoms with Gasteiger partial charge in [0.05, 0.1) is 25.7 Å². The number of carbonyl (C=O) groups excluding carboxylic acids is 2. The lowest BCUT2D eigenvalue weighted by Gasteiger charge is -2.14. The molecule has 0 aliphatic rings. The highest BCUT2D eigenvalue weighted by molar-refractivity contribution is 5.97. The lowest BCUT2D eigenvalue weighted by atomic mass is 10.2. The van der Waals surface area contributed by atoms with Gasteiger partial charge in [-0.05, 0) is 26.0 Å². The Kier molecular flexibility index (Phi) is 6.48. The van der Waals surface area contributed by atoms with Crippen LogP contribution < -0.4 is 26.3 Å². The second-order valence-electron chi connectivity index (χ2n) is 4.29. The maximum absolute atomic E-state index is 11.8. The van der Waals surface area contributed by atoms with Gasteiger partial charge >= 0.3 is 0 Å². The molecular weight excluding hydrogens is 274 g/mol. The van der Waals surface area contributed by atoms with Crippen molar-refractivity contribution in [1.29, 1.82) is 0 Å². The van der Waals surface area contributed by atoms with Gasteiger partial charge in [0.15, 0.2) is 11.5 Å². The molecular formula is C14H21N3O4. The van der Waals surface area contributed by atoms with E-state index in [9.17, 15) is 9.59 Å². The first-order valence-corrected chi connectivity index (χ1v) is 6.72. The van der Waals surface area contributed by atoms with E-state index < -0.39 is 17.9 Å². The Morgan fingerprint density at radius 3 is 2.38 bits per heavy atom. The Labute approximate surface area is 123 Å². The Morgan fingerprint density at radius 1 is 1.19 bits per heavy atom. The van der Waals surface area contributed by atoms with Gasteiger partial charge in [0, 0.05) is 11.8 Å². The van der Waals surface area contributed by atoms with E-state index in [1.54, 1.807) is 18.2 Å². The van der Waals surface area contributed by atoms with Crippen LogP contribution in [-0.4, -0.2) is 31.1 Å². The molecule has 0 bridgehead atoms. The van der Waals surface area contributed by atoms with Crippen LogP contribution in [0.2, 0.25) is 0 Å². The predicted octanol–water partition coefficient (Wildman–Crippen LogP) is 0.625. The van der Waals surface area contributed by atoms with E-state index in [2.05, 4.69) is 5.32 Å². The summed E-state index contributed by atoms with van der Waals surface area (Å²) in [5.74, 6) is 0.0131. The van der Waals surface area contributed by atoms with E-state index in [-0.39, 0.29) is 6.42 Å². The van der Waals surface area contributed by atoms with Crippen LogP contribution in [-0.2, 0) is 9.59 Å². The van der Waals surface area contributed by atoms with Crippen molar-refractivity contribution in [2.45, 2.75) is 26.3 Å². The Morgan fingerprint density at radius 2 is 1.81 bits per heavy atom. The predicted molar refractivity (Wildman–Crippen MR) is 79.2 cm³/mol. The fourth-order valence-corrected chi connectivity index (χ4v) is 1.67. The molecule has 116 valence electrons. The fourth-order valence-electron chi connectivity index (χ4n) is 1.67. The molecule has 0 radical (unpaired) electrons. The molecule has 7 heteroatoms. The molecule has 0 saturated heterocycles. The van der Waals surface area contributed by atoms with Crippen LogP contribution in [0.1, 0.15) is 20.3 Å². The molecule has 0 saturated carbocycles. The number of rotatable bonds is 8. The average molecular weight is 295 g/mol. The molecule has 7 nitrogen and oxygen atoms in total. The third-order valence-corrected chi connectivity index (χ3v) is 2.57. The summed E-state index contributed by atoms with van der Waals surface area (Å²) in [4.78, 5) is 22.6. The van der Waals surface area contributed by atoms with Crippen molar-refractivity contribution >= 4 is 17.5 Å². The number of benzene rings is 1. The number of nitrogens with one attached hydrogen (secondary N) is 1. The smallest absolute Gasteiger partial charge is 0.241 e. The number of ether oxygens (including phenoxy) is 2. The van der Waals surface area contributed by atoms with Crippen molar-refractivity contribution in [1.82, 2.24) is 0 Å². The van der Waals surface area contributed by atoms with Crippen molar-refractivity contribution in [3.05, 3.63) is 18.2 Å². The molecule has 0 fully saturated rings. The minimum Gasteiger partial charge on any atom is -0.490 e. The van der Waals surface area contributed by atoms with Crippen LogP contribution in [0, 0.1) is 0 Å². The molecule has 0 aliphatic carbocycles. The molecule has 0 spiro atoms. The molecule has 1 rings (SSSR count). The summed E-state index contributed by atoms with van der Waals surface area (Å²) in [6.45, 7) is 4.70. The van der Waals surface area contributed by atoms with E-state index in [1.165, 1.54) is 0 Å². The largest absolute Gasteiger partial charge is 0.490 e. The molecule has 1 unspecified atom stereocenters. The maximum atomic E-state index is 11.8. The summed E-state index contributed by atoms with van der Waals surface area (Å²) in [7, 11) is 0. The third-order valence-electron chi connectivity index (χ3n) is 2.57. The molecule has 0 heterocycles. The standard InChI is InChI=1S/C14H21N3O4/c1-3-20-11-6-5-9(7-12(11)21-4-2)17-14(19)10(15)8-13(16)18/h5-7,10H,3-4,8,15H2,1-2H3,(H2,16,18)(H,17,19). The van der Waals surface area contributed by atoms with Gasteiger partial charge in [-0.2, -0.15) is 0 Å². The Balaban J connectivity index is 2.81. The first-order valence-electron chi connectivity index (χ1n) is 6.72. The summed E-state index contributed by atoms with van der Waals surface area (Å²) in [5, 5.41) is 2.61. The normalized spacial score (nSPS) is 11.6. The van der Waals surface area contributed by atoms with Gasteiger partial charge in [-0.1, -0.05) is 0 Å². The van der Waals surface area contributed by atoms with Gasteiger partial charge in [-0.25, -0.2) is 0 Å². The highest BCUT2D eigenvalue weighted by Crippen LogP contribution is 2.30. The highest BCUT2D eigenvalue weighted by Gasteiger charge is 2.17. The van der Waals surface area contributed by atoms with Gasteiger partial charge in [-0.3, -0.25) is 9.59 Å². The molecule has 0 aromatic heterocycles. The van der Waals surface area contributed by atoms with Gasteiger partial charge in [0.25, 0.3) is 0 Å². The summed E-state index contributed by atoms with van der Waals surface area (Å²) in [5.41, 5.74) is 11.1. The quantitative estimate of drug-likeness (QED) is 0.650. The number of hydrogen-bond donors (Lipinski definition) is 3. The van der Waals surface area contributed by atoms with Gasteiger partial charge in [0.2, 0.25) is 11.8 Å². The summed E-state index contributed by atoms with van der Waals surface area (Å²) in [6.07, 6.45) is -0.207. The fraction of sp³-hybridized carbons (Fsp3) is 0.429. The number of hydrogen-bond acceptors (Lipinski definition) is 5. The first kappa shape index (κ1) is 16.8. The monoisotopic (exact) mass is 295 g/mol. The molecule has 0 aliphatic heterocycles. The van der Waals surface area contributed by atoms with Crippen molar-refractivity contribution < 1.29 is 19.1 Å². The number of primary amides is 1. The number of anilines is 1. The second kappa shape index (κ2) is 8.11. The minimum absolute atomic E-state index is 0.207. The lowest BCUT2D eigenvalue weighted by molar-refractivity contribution is -0.123. The van der Waals surface area contributed by atoms with Crippen LogP contribution >= 0.6 is 0 Å². The minimum atomic E-state index is -0.982. The molecule has 5 N–H and O–H groups in total. The zero-order valence-electron chi connectivity index (χ0n) is 12.2. The summed E-state index contributed by atoms with van der Waals surface area (Å²) in [6, 6.07) is 4.03. The van der Waals surface area contributed by atoms with Crippen LogP contribution in [0.5, 0.6) is 11.5 Å². The van der Waals surface area contributed by atoms with Crippen LogP contribution in [0.25, 0.3) is 0 Å². The topological polar surface area (TPSA) is 117 Å². The van der Waals surface area contributed by atoms with E-state index >= 15 is 0 Å². The second-order valence-corrected chi connectivity index (χ2v) is 4.29. The summed E-state index contributed by atoms with van der Waals surface area (Å²) >= 11 is 0. The van der Waals surface area contributed by atoms with Gasteiger partial charge in [-0.15, -0.1) is 0 Å². The van der Waals surface area contributed by atoms with Crippen LogP contribution in [0.4, 0.5) is 5.69 Å². The molecule has 1 aromatic rings. The third kappa shape index (κ3) is 5.31. The van der Waals surface area contributed by atoms with Crippen molar-refractivity contribution in [3.8, 4) is 11.5 Å². The Hall–Kier alpha value is -2.28. The highest BCUT2D eigenvalue weighted by atomic mass is 16.5. The average Bonchev–Trinajstić information content (AvgIpc) is 2.41. The molecule has 1 aromatic carbocycles. The zero-order chi connectivity index (χ0) is 15.8.